The van der Waals surface area contributed by atoms with Crippen LogP contribution in [0.3, 0.4) is 0 Å². The Labute approximate surface area is 144 Å². The maximum Gasteiger partial charge on any atom is 0.240 e. The number of benzene rings is 1. The van der Waals surface area contributed by atoms with Crippen LogP contribution in [0.5, 0.6) is 0 Å². The molecule has 1 aliphatic heterocycles. The van der Waals surface area contributed by atoms with Gasteiger partial charge in [-0.3, -0.25) is 9.10 Å². The second kappa shape index (κ2) is 8.48. The van der Waals surface area contributed by atoms with E-state index in [1.807, 2.05) is 6.07 Å². The van der Waals surface area contributed by atoms with E-state index in [-0.39, 0.29) is 12.5 Å². The molecule has 0 aliphatic carbocycles. The van der Waals surface area contributed by atoms with Gasteiger partial charge in [-0.25, -0.2) is 8.42 Å². The van der Waals surface area contributed by atoms with Crippen LogP contribution in [0.1, 0.15) is 19.3 Å². The third-order valence-electron chi connectivity index (χ3n) is 4.44. The number of carbonyl (C=O) groups excluding carboxylic acids is 1. The average Bonchev–Trinajstić information content (AvgIpc) is 2.54. The van der Waals surface area contributed by atoms with Crippen LogP contribution < -0.4 is 9.62 Å². The van der Waals surface area contributed by atoms with Crippen LogP contribution in [-0.4, -0.2) is 58.7 Å². The molecule has 0 unspecified atom stereocenters. The molecule has 24 heavy (non-hydrogen) atoms. The van der Waals surface area contributed by atoms with E-state index in [0.29, 0.717) is 18.2 Å². The molecule has 1 heterocycles. The van der Waals surface area contributed by atoms with Crippen molar-refractivity contribution < 1.29 is 13.2 Å². The Morgan fingerprint density at radius 3 is 2.46 bits per heavy atom. The molecule has 1 fully saturated rings. The van der Waals surface area contributed by atoms with E-state index in [2.05, 4.69) is 17.3 Å². The maximum absolute atomic E-state index is 12.1. The first kappa shape index (κ1) is 18.7. The number of nitrogens with one attached hydrogen (secondary N) is 1. The number of carbonyl (C=O) groups is 1. The summed E-state index contributed by atoms with van der Waals surface area (Å²) in [6, 6.07) is 8.70. The van der Waals surface area contributed by atoms with Gasteiger partial charge in [0.1, 0.15) is 6.54 Å². The summed E-state index contributed by atoms with van der Waals surface area (Å²) < 4.78 is 25.1. The molecule has 1 amide bonds. The SMILES string of the molecule is CN1CCC(CCNC(=O)CN(c2ccccc2)S(C)(=O)=O)CC1. The highest BCUT2D eigenvalue weighted by Crippen LogP contribution is 2.19. The predicted octanol–water partition coefficient (Wildman–Crippen LogP) is 1.30. The number of para-hydroxylation sites is 1. The van der Waals surface area contributed by atoms with Gasteiger partial charge in [0.25, 0.3) is 0 Å². The van der Waals surface area contributed by atoms with Crippen molar-refractivity contribution >= 4 is 21.6 Å². The lowest BCUT2D eigenvalue weighted by molar-refractivity contribution is -0.119. The molecule has 0 bridgehead atoms. The van der Waals surface area contributed by atoms with Crippen LogP contribution in [-0.2, 0) is 14.8 Å². The van der Waals surface area contributed by atoms with Crippen molar-refractivity contribution in [1.29, 1.82) is 0 Å². The summed E-state index contributed by atoms with van der Waals surface area (Å²) in [5.74, 6) is 0.374. The first-order chi connectivity index (χ1) is 11.4. The van der Waals surface area contributed by atoms with Gasteiger partial charge in [0.2, 0.25) is 15.9 Å². The van der Waals surface area contributed by atoms with Crippen molar-refractivity contribution in [3.63, 3.8) is 0 Å². The molecule has 0 saturated carbocycles. The number of nitrogens with zero attached hydrogens (tertiary/aromatic N) is 2. The van der Waals surface area contributed by atoms with Gasteiger partial charge in [-0.1, -0.05) is 18.2 Å². The van der Waals surface area contributed by atoms with Crippen molar-refractivity contribution in [1.82, 2.24) is 10.2 Å². The number of hydrogen-bond acceptors (Lipinski definition) is 4. The minimum atomic E-state index is -3.50. The van der Waals surface area contributed by atoms with E-state index in [4.69, 9.17) is 0 Å². The van der Waals surface area contributed by atoms with Crippen molar-refractivity contribution in [3.05, 3.63) is 30.3 Å². The number of anilines is 1. The Morgan fingerprint density at radius 1 is 1.25 bits per heavy atom. The van der Waals surface area contributed by atoms with Crippen LogP contribution >= 0.6 is 0 Å². The first-order valence-electron chi connectivity index (χ1n) is 8.34. The fraction of sp³-hybridized carbons (Fsp3) is 0.588. The number of likely N-dealkylation sites (tertiary alicyclic amines) is 1. The van der Waals surface area contributed by atoms with Gasteiger partial charge in [0.05, 0.1) is 11.9 Å². The van der Waals surface area contributed by atoms with Crippen molar-refractivity contribution in [3.8, 4) is 0 Å². The van der Waals surface area contributed by atoms with E-state index in [1.54, 1.807) is 24.3 Å². The number of piperidine rings is 1. The van der Waals surface area contributed by atoms with Crippen LogP contribution in [0.2, 0.25) is 0 Å². The summed E-state index contributed by atoms with van der Waals surface area (Å²) in [6.45, 7) is 2.62. The Hall–Kier alpha value is -1.60. The first-order valence-corrected chi connectivity index (χ1v) is 10.2. The van der Waals surface area contributed by atoms with Crippen LogP contribution in [0.15, 0.2) is 30.3 Å². The van der Waals surface area contributed by atoms with Crippen LogP contribution in [0.25, 0.3) is 0 Å². The van der Waals surface area contributed by atoms with E-state index in [9.17, 15) is 13.2 Å². The predicted molar refractivity (Wildman–Crippen MR) is 96.5 cm³/mol. The van der Waals surface area contributed by atoms with Gasteiger partial charge in [0, 0.05) is 6.54 Å². The monoisotopic (exact) mass is 353 g/mol. The topological polar surface area (TPSA) is 69.7 Å². The zero-order chi connectivity index (χ0) is 17.6. The van der Waals surface area contributed by atoms with Crippen molar-refractivity contribution in [2.45, 2.75) is 19.3 Å². The highest BCUT2D eigenvalue weighted by Gasteiger charge is 2.21. The molecule has 0 radical (unpaired) electrons. The Morgan fingerprint density at radius 2 is 1.88 bits per heavy atom. The van der Waals surface area contributed by atoms with E-state index >= 15 is 0 Å². The molecular weight excluding hydrogens is 326 g/mol. The summed E-state index contributed by atoms with van der Waals surface area (Å²) in [4.78, 5) is 14.5. The number of rotatable bonds is 7. The summed E-state index contributed by atoms with van der Waals surface area (Å²) in [5, 5.41) is 2.85. The molecule has 7 heteroatoms. The van der Waals surface area contributed by atoms with Gasteiger partial charge < -0.3 is 10.2 Å². The second-order valence-electron chi connectivity index (χ2n) is 6.49. The molecule has 1 aromatic rings. The molecule has 1 aromatic carbocycles. The Balaban J connectivity index is 1.83. The van der Waals surface area contributed by atoms with Gasteiger partial charge in [0.15, 0.2) is 0 Å². The summed E-state index contributed by atoms with van der Waals surface area (Å²) in [5.41, 5.74) is 0.505. The summed E-state index contributed by atoms with van der Waals surface area (Å²) in [6.07, 6.45) is 4.38. The minimum absolute atomic E-state index is 0.184. The zero-order valence-electron chi connectivity index (χ0n) is 14.4. The highest BCUT2D eigenvalue weighted by atomic mass is 32.2. The molecule has 1 saturated heterocycles. The van der Waals surface area contributed by atoms with Gasteiger partial charge in [-0.2, -0.15) is 0 Å². The quantitative estimate of drug-likeness (QED) is 0.802. The maximum atomic E-state index is 12.1. The largest absolute Gasteiger partial charge is 0.355 e. The minimum Gasteiger partial charge on any atom is -0.355 e. The summed E-state index contributed by atoms with van der Waals surface area (Å²) >= 11 is 0. The smallest absolute Gasteiger partial charge is 0.240 e. The molecule has 0 aromatic heterocycles. The third-order valence-corrected chi connectivity index (χ3v) is 5.59. The lowest BCUT2D eigenvalue weighted by atomic mass is 9.94. The number of hydrogen-bond donors (Lipinski definition) is 1. The fourth-order valence-electron chi connectivity index (χ4n) is 2.95. The van der Waals surface area contributed by atoms with Crippen molar-refractivity contribution in [2.24, 2.45) is 5.92 Å². The zero-order valence-corrected chi connectivity index (χ0v) is 15.3. The molecule has 6 nitrogen and oxygen atoms in total. The molecule has 0 spiro atoms. The normalized spacial score (nSPS) is 16.8. The van der Waals surface area contributed by atoms with Gasteiger partial charge in [-0.05, 0) is 57.5 Å². The Kier molecular flexibility index (Phi) is 6.62. The molecule has 0 atom stereocenters. The number of sulfonamides is 1. The van der Waals surface area contributed by atoms with E-state index < -0.39 is 10.0 Å². The lowest BCUT2D eigenvalue weighted by Crippen LogP contribution is -2.41. The molecule has 2 rings (SSSR count). The van der Waals surface area contributed by atoms with Crippen LogP contribution in [0, 0.1) is 5.92 Å². The van der Waals surface area contributed by atoms with Gasteiger partial charge >= 0.3 is 0 Å². The van der Waals surface area contributed by atoms with E-state index in [1.165, 1.54) is 0 Å². The fourth-order valence-corrected chi connectivity index (χ4v) is 3.80. The number of amides is 1. The molecule has 1 N–H and O–H groups in total. The second-order valence-corrected chi connectivity index (χ2v) is 8.40. The summed E-state index contributed by atoms with van der Waals surface area (Å²) in [7, 11) is -1.37. The average molecular weight is 353 g/mol. The van der Waals surface area contributed by atoms with E-state index in [0.717, 1.165) is 42.9 Å². The molecule has 1 aliphatic rings. The standard InChI is InChI=1S/C17H27N3O3S/c1-19-12-9-15(10-13-19)8-11-18-17(21)14-20(24(2,22)23)16-6-4-3-5-7-16/h3-7,15H,8-14H2,1-2H3,(H,18,21). The Bertz CT molecular complexity index is 626. The third kappa shape index (κ3) is 5.79. The van der Waals surface area contributed by atoms with Crippen molar-refractivity contribution in [2.75, 3.05) is 43.8 Å². The lowest BCUT2D eigenvalue weighted by Gasteiger charge is -2.29. The molecular formula is C17H27N3O3S. The highest BCUT2D eigenvalue weighted by molar-refractivity contribution is 7.92. The van der Waals surface area contributed by atoms with Crippen LogP contribution in [0.4, 0.5) is 5.69 Å². The van der Waals surface area contributed by atoms with Gasteiger partial charge in [-0.15, -0.1) is 0 Å². The molecule has 134 valence electrons.